The van der Waals surface area contributed by atoms with Crippen molar-refractivity contribution >= 4 is 0 Å². The van der Waals surface area contributed by atoms with Crippen LogP contribution in [0.25, 0.3) is 0 Å². The van der Waals surface area contributed by atoms with Crippen molar-refractivity contribution in [3.63, 3.8) is 0 Å². The molecule has 0 aromatic heterocycles. The summed E-state index contributed by atoms with van der Waals surface area (Å²) in [6.45, 7) is 2.39. The van der Waals surface area contributed by atoms with Crippen molar-refractivity contribution in [1.82, 2.24) is 0 Å². The van der Waals surface area contributed by atoms with Crippen LogP contribution in [0.4, 0.5) is 0 Å². The molecule has 0 N–H and O–H groups in total. The molecule has 1 aliphatic rings. The molecule has 1 heteroatoms. The molecule has 0 bridgehead atoms. The van der Waals surface area contributed by atoms with Crippen LogP contribution in [0.15, 0.2) is 24.3 Å². The van der Waals surface area contributed by atoms with Gasteiger partial charge in [-0.3, -0.25) is 0 Å². The van der Waals surface area contributed by atoms with Crippen LogP contribution in [0.2, 0.25) is 0 Å². The first-order chi connectivity index (χ1) is 7.34. The summed E-state index contributed by atoms with van der Waals surface area (Å²) >= 11 is 0. The van der Waals surface area contributed by atoms with Crippen LogP contribution in [-0.4, -0.2) is 0 Å². The van der Waals surface area contributed by atoms with Gasteiger partial charge in [-0.25, -0.2) is 0 Å². The quantitative estimate of drug-likeness (QED) is 0.730. The summed E-state index contributed by atoms with van der Waals surface area (Å²) in [5.74, 6) is 1.97. The second kappa shape index (κ2) is 7.61. The maximum Gasteiger partial charge on any atom is 0 e. The van der Waals surface area contributed by atoms with E-state index in [2.05, 4.69) is 25.1 Å². The molecule has 0 heterocycles. The Morgan fingerprint density at radius 3 is 2.38 bits per heavy atom. The van der Waals surface area contributed by atoms with Gasteiger partial charge in [0.1, 0.15) is 0 Å². The van der Waals surface area contributed by atoms with Gasteiger partial charge in [-0.15, -0.1) is 0 Å². The van der Waals surface area contributed by atoms with Gasteiger partial charge in [0.2, 0.25) is 0 Å². The summed E-state index contributed by atoms with van der Waals surface area (Å²) in [7, 11) is 0. The van der Waals surface area contributed by atoms with Crippen LogP contribution >= 0.6 is 0 Å². The van der Waals surface area contributed by atoms with Gasteiger partial charge in [0.05, 0.1) is 0 Å². The predicted molar refractivity (Wildman–Crippen MR) is 64.7 cm³/mol. The molecule has 2 rings (SSSR count). The fourth-order valence-corrected chi connectivity index (χ4v) is 2.58. The molecule has 85 valence electrons. The van der Waals surface area contributed by atoms with E-state index in [0.717, 1.165) is 11.8 Å². The molecule has 0 aliphatic heterocycles. The molecule has 0 unspecified atom stereocenters. The minimum atomic E-state index is 0. The molecule has 1 aliphatic carbocycles. The summed E-state index contributed by atoms with van der Waals surface area (Å²) in [6.07, 6.45) is 8.46. The van der Waals surface area contributed by atoms with E-state index in [9.17, 15) is 0 Å². The molecule has 0 atom stereocenters. The van der Waals surface area contributed by atoms with Crippen molar-refractivity contribution in [2.45, 2.75) is 45.4 Å². The van der Waals surface area contributed by atoms with Gasteiger partial charge in [0, 0.05) is 32.7 Å². The van der Waals surface area contributed by atoms with Gasteiger partial charge < -0.3 is 0 Å². The maximum atomic E-state index is 3.08. The van der Waals surface area contributed by atoms with Crippen LogP contribution in [-0.2, 0) is 39.1 Å². The Labute approximate surface area is 125 Å². The number of aryl methyl sites for hydroxylation is 1. The normalized spacial score (nSPS) is 24.8. The van der Waals surface area contributed by atoms with E-state index < -0.39 is 0 Å². The van der Waals surface area contributed by atoms with Gasteiger partial charge in [0.15, 0.2) is 0 Å². The van der Waals surface area contributed by atoms with E-state index in [4.69, 9.17) is 0 Å². The Morgan fingerprint density at radius 1 is 1.12 bits per heavy atom. The molecular weight excluding hydrogens is 269 g/mol. The number of benzene rings is 1. The van der Waals surface area contributed by atoms with E-state index in [-0.39, 0.29) is 32.7 Å². The van der Waals surface area contributed by atoms with E-state index in [1.807, 2.05) is 12.1 Å². The van der Waals surface area contributed by atoms with E-state index in [1.54, 1.807) is 0 Å². The Hall–Kier alpha value is 0.324. The molecule has 1 aromatic carbocycles. The molecule has 0 nitrogen and oxygen atoms in total. The number of hydrogen-bond donors (Lipinski definition) is 0. The van der Waals surface area contributed by atoms with Crippen molar-refractivity contribution in [3.8, 4) is 0 Å². The first kappa shape index (κ1) is 14.4. The maximum absolute atomic E-state index is 3.08. The average Bonchev–Trinajstić information content (AvgIpc) is 2.30. The molecule has 0 spiro atoms. The monoisotopic (exact) mass is 290 g/mol. The van der Waals surface area contributed by atoms with Crippen molar-refractivity contribution in [2.75, 3.05) is 0 Å². The third-order valence-corrected chi connectivity index (χ3v) is 3.76. The Morgan fingerprint density at radius 2 is 1.75 bits per heavy atom. The third-order valence-electron chi connectivity index (χ3n) is 3.76. The standard InChI is InChI=1S/C15H21.Y/c1-13-7-9-15(10-8-13)12-11-14-5-3-2-4-6-14;/h3-6,13,15H,7-12H2,1H3;/q-1;. The second-order valence-corrected chi connectivity index (χ2v) is 5.07. The first-order valence-corrected chi connectivity index (χ1v) is 6.29. The molecule has 1 saturated carbocycles. The summed E-state index contributed by atoms with van der Waals surface area (Å²) in [6, 6.07) is 11.5. The van der Waals surface area contributed by atoms with Crippen molar-refractivity contribution in [1.29, 1.82) is 0 Å². The molecule has 0 saturated heterocycles. The molecular formula is C15H21Y-. The minimum Gasteiger partial charge on any atom is -0.184 e. The topological polar surface area (TPSA) is 0 Å². The summed E-state index contributed by atoms with van der Waals surface area (Å²) in [5, 5.41) is 0. The van der Waals surface area contributed by atoms with Gasteiger partial charge in [-0.2, -0.15) is 35.9 Å². The fourth-order valence-electron chi connectivity index (χ4n) is 2.58. The van der Waals surface area contributed by atoms with Crippen LogP contribution in [0.5, 0.6) is 0 Å². The van der Waals surface area contributed by atoms with Crippen LogP contribution < -0.4 is 0 Å². The zero-order chi connectivity index (χ0) is 10.5. The second-order valence-electron chi connectivity index (χ2n) is 5.07. The van der Waals surface area contributed by atoms with Crippen LogP contribution in [0.3, 0.4) is 0 Å². The summed E-state index contributed by atoms with van der Waals surface area (Å²) < 4.78 is 0. The van der Waals surface area contributed by atoms with E-state index in [0.29, 0.717) is 0 Å². The largest absolute Gasteiger partial charge is 0.184 e. The molecule has 16 heavy (non-hydrogen) atoms. The van der Waals surface area contributed by atoms with E-state index >= 15 is 0 Å². The molecule has 1 aromatic rings. The molecule has 0 amide bonds. The SMILES string of the molecule is CC1CCC(CCc2cc[c-]cc2)CC1.[Y]. The average molecular weight is 290 g/mol. The number of rotatable bonds is 3. The Bertz CT molecular complexity index is 273. The Balaban J connectivity index is 0.00000128. The fraction of sp³-hybridized carbons (Fsp3) is 0.600. The van der Waals surface area contributed by atoms with Gasteiger partial charge in [-0.1, -0.05) is 39.0 Å². The Kier molecular flexibility index (Phi) is 6.84. The zero-order valence-electron chi connectivity index (χ0n) is 10.3. The van der Waals surface area contributed by atoms with Crippen molar-refractivity contribution < 1.29 is 32.7 Å². The molecule has 1 fully saturated rings. The van der Waals surface area contributed by atoms with Gasteiger partial charge in [0.25, 0.3) is 0 Å². The summed E-state index contributed by atoms with van der Waals surface area (Å²) in [5.41, 5.74) is 1.48. The van der Waals surface area contributed by atoms with Crippen LogP contribution in [0.1, 0.15) is 44.6 Å². The molecule has 1 radical (unpaired) electrons. The predicted octanol–water partition coefficient (Wildman–Crippen LogP) is 4.24. The zero-order valence-corrected chi connectivity index (χ0v) is 13.1. The smallest absolute Gasteiger partial charge is 0 e. The van der Waals surface area contributed by atoms with Gasteiger partial charge in [-0.05, 0) is 18.3 Å². The minimum absolute atomic E-state index is 0. The van der Waals surface area contributed by atoms with Crippen molar-refractivity contribution in [3.05, 3.63) is 35.9 Å². The third kappa shape index (κ3) is 4.67. The number of hydrogen-bond acceptors (Lipinski definition) is 0. The summed E-state index contributed by atoms with van der Waals surface area (Å²) in [4.78, 5) is 0. The van der Waals surface area contributed by atoms with E-state index in [1.165, 1.54) is 44.1 Å². The van der Waals surface area contributed by atoms with Crippen LogP contribution in [0, 0.1) is 17.9 Å². The van der Waals surface area contributed by atoms with Crippen molar-refractivity contribution in [2.24, 2.45) is 11.8 Å². The first-order valence-electron chi connectivity index (χ1n) is 6.29. The van der Waals surface area contributed by atoms with Gasteiger partial charge >= 0.3 is 0 Å².